The Labute approximate surface area is 102 Å². The molecule has 0 aromatic heterocycles. The van der Waals surface area contributed by atoms with Crippen molar-refractivity contribution in [2.45, 2.75) is 19.8 Å². The van der Waals surface area contributed by atoms with Crippen molar-refractivity contribution < 1.29 is 14.3 Å². The average molecular weight is 237 g/mol. The summed E-state index contributed by atoms with van der Waals surface area (Å²) in [5.74, 6) is 0.675. The summed E-state index contributed by atoms with van der Waals surface area (Å²) >= 11 is 0. The summed E-state index contributed by atoms with van der Waals surface area (Å²) in [4.78, 5) is 21.4. The van der Waals surface area contributed by atoms with E-state index >= 15 is 0 Å². The van der Waals surface area contributed by atoms with Gasteiger partial charge >= 0.3 is 5.97 Å². The number of allylic oxidation sites excluding steroid dienone is 3. The highest BCUT2D eigenvalue weighted by molar-refractivity contribution is 5.83. The van der Waals surface area contributed by atoms with E-state index < -0.39 is 11.9 Å². The lowest BCUT2D eigenvalue weighted by molar-refractivity contribution is -0.142. The molecule has 4 nitrogen and oxygen atoms in total. The Morgan fingerprint density at radius 2 is 2.24 bits per heavy atom. The van der Waals surface area contributed by atoms with Crippen molar-refractivity contribution in [2.75, 3.05) is 13.7 Å². The molecule has 1 atom stereocenters. The van der Waals surface area contributed by atoms with E-state index in [9.17, 15) is 9.59 Å². The Morgan fingerprint density at radius 1 is 1.53 bits per heavy atom. The van der Waals surface area contributed by atoms with Gasteiger partial charge < -0.3 is 10.5 Å². The van der Waals surface area contributed by atoms with Gasteiger partial charge in [-0.1, -0.05) is 31.6 Å². The number of ether oxygens (including phenoxy) is 1. The minimum Gasteiger partial charge on any atom is -0.468 e. The summed E-state index contributed by atoms with van der Waals surface area (Å²) in [6, 6.07) is 0. The fourth-order valence-electron chi connectivity index (χ4n) is 1.18. The average Bonchev–Trinajstić information content (AvgIpc) is 2.39. The molecule has 94 valence electrons. The Morgan fingerprint density at radius 3 is 2.65 bits per heavy atom. The van der Waals surface area contributed by atoms with Crippen LogP contribution in [0.15, 0.2) is 29.9 Å². The fourth-order valence-corrected chi connectivity index (χ4v) is 1.18. The van der Waals surface area contributed by atoms with Crippen LogP contribution in [0.4, 0.5) is 0 Å². The van der Waals surface area contributed by atoms with Crippen LogP contribution in [0.1, 0.15) is 19.8 Å². The number of unbranched alkanes of at least 4 members (excludes halogenated alkanes) is 1. The van der Waals surface area contributed by atoms with E-state index in [1.165, 1.54) is 20.0 Å². The molecule has 1 rings (SSSR count). The number of carbonyl (C=O) groups is 1. The predicted molar refractivity (Wildman–Crippen MR) is 67.0 cm³/mol. The van der Waals surface area contributed by atoms with Crippen LogP contribution in [0.5, 0.6) is 0 Å². The Kier molecular flexibility index (Phi) is 8.65. The van der Waals surface area contributed by atoms with Gasteiger partial charge in [0.25, 0.3) is 0 Å². The zero-order valence-electron chi connectivity index (χ0n) is 10.3. The molecule has 2 N–H and O–H groups in total. The number of carbonyl (C=O) groups excluding carboxylic acids is 2. The number of methoxy groups -OCH3 is 1. The lowest BCUT2D eigenvalue weighted by Crippen LogP contribution is -2.17. The lowest BCUT2D eigenvalue weighted by atomic mass is 9.96. The van der Waals surface area contributed by atoms with E-state index in [-0.39, 0.29) is 0 Å². The Hall–Kier alpha value is -1.64. The zero-order valence-corrected chi connectivity index (χ0v) is 10.3. The standard InChI is InChI=1S/C9H8O3.C4H11N/c1-12-9(11)8-5-3-2-4-7(8)6-10;1-2-3-4-5/h2-5,8H,1H3;2-5H2,1H3. The first kappa shape index (κ1) is 15.4. The maximum Gasteiger partial charge on any atom is 0.317 e. The van der Waals surface area contributed by atoms with Crippen LogP contribution < -0.4 is 5.73 Å². The third kappa shape index (κ3) is 5.85. The first-order valence-corrected chi connectivity index (χ1v) is 5.59. The van der Waals surface area contributed by atoms with Gasteiger partial charge in [0.2, 0.25) is 0 Å². The van der Waals surface area contributed by atoms with Gasteiger partial charge in [-0.2, -0.15) is 0 Å². The summed E-state index contributed by atoms with van der Waals surface area (Å²) in [5.41, 5.74) is 5.45. The molecule has 1 aliphatic carbocycles. The SMILES string of the molecule is CCCCN.COC(=O)C1C=CC=CC1=C=O. The van der Waals surface area contributed by atoms with Crippen LogP contribution in [0, 0.1) is 5.92 Å². The second-order valence-corrected chi connectivity index (χ2v) is 3.44. The van der Waals surface area contributed by atoms with Crippen LogP contribution in [-0.4, -0.2) is 25.6 Å². The molecule has 1 unspecified atom stereocenters. The summed E-state index contributed by atoms with van der Waals surface area (Å²) in [7, 11) is 1.29. The maximum absolute atomic E-state index is 11.0. The molecule has 0 spiro atoms. The van der Waals surface area contributed by atoms with Gasteiger partial charge in [0.15, 0.2) is 0 Å². The van der Waals surface area contributed by atoms with Gasteiger partial charge in [-0.05, 0) is 19.0 Å². The molecule has 4 heteroatoms. The van der Waals surface area contributed by atoms with Crippen molar-refractivity contribution in [3.63, 3.8) is 0 Å². The van der Waals surface area contributed by atoms with Crippen molar-refractivity contribution in [1.82, 2.24) is 0 Å². The quantitative estimate of drug-likeness (QED) is 0.595. The molecule has 0 aliphatic heterocycles. The second-order valence-electron chi connectivity index (χ2n) is 3.44. The molecule has 0 aromatic carbocycles. The summed E-state index contributed by atoms with van der Waals surface area (Å²) in [6.45, 7) is 2.98. The van der Waals surface area contributed by atoms with E-state index in [0.29, 0.717) is 5.57 Å². The summed E-state index contributed by atoms with van der Waals surface area (Å²) in [5, 5.41) is 0. The predicted octanol–water partition coefficient (Wildman–Crippen LogP) is 1.40. The highest BCUT2D eigenvalue weighted by Crippen LogP contribution is 2.17. The van der Waals surface area contributed by atoms with Crippen LogP contribution in [0.2, 0.25) is 0 Å². The number of esters is 1. The molecule has 0 fully saturated rings. The number of hydrogen-bond donors (Lipinski definition) is 1. The Bertz CT molecular complexity index is 337. The zero-order chi connectivity index (χ0) is 13.1. The molecule has 17 heavy (non-hydrogen) atoms. The first-order chi connectivity index (χ1) is 8.21. The third-order valence-corrected chi connectivity index (χ3v) is 2.16. The van der Waals surface area contributed by atoms with Gasteiger partial charge in [0.05, 0.1) is 12.7 Å². The lowest BCUT2D eigenvalue weighted by Gasteiger charge is -2.10. The monoisotopic (exact) mass is 237 g/mol. The van der Waals surface area contributed by atoms with Gasteiger partial charge in [0.1, 0.15) is 11.9 Å². The third-order valence-electron chi connectivity index (χ3n) is 2.16. The van der Waals surface area contributed by atoms with E-state index in [4.69, 9.17) is 5.73 Å². The topological polar surface area (TPSA) is 69.4 Å². The van der Waals surface area contributed by atoms with Gasteiger partial charge in [-0.3, -0.25) is 4.79 Å². The normalized spacial score (nSPS) is 16.9. The van der Waals surface area contributed by atoms with Crippen molar-refractivity contribution in [3.8, 4) is 0 Å². The van der Waals surface area contributed by atoms with Crippen LogP contribution in [0.25, 0.3) is 0 Å². The minimum atomic E-state index is -0.586. The van der Waals surface area contributed by atoms with Gasteiger partial charge in [-0.15, -0.1) is 0 Å². The van der Waals surface area contributed by atoms with Crippen molar-refractivity contribution >= 4 is 11.9 Å². The Balaban J connectivity index is 0.000000437. The molecular formula is C13H19NO3. The smallest absolute Gasteiger partial charge is 0.317 e. The minimum absolute atomic E-state index is 0.310. The molecule has 1 aliphatic rings. The molecular weight excluding hydrogens is 218 g/mol. The van der Waals surface area contributed by atoms with Gasteiger partial charge in [-0.25, -0.2) is 4.79 Å². The first-order valence-electron chi connectivity index (χ1n) is 5.59. The molecule has 0 bridgehead atoms. The molecule has 0 heterocycles. The molecule has 0 amide bonds. The van der Waals surface area contributed by atoms with E-state index in [0.717, 1.165) is 6.54 Å². The van der Waals surface area contributed by atoms with E-state index in [1.54, 1.807) is 30.2 Å². The van der Waals surface area contributed by atoms with Crippen LogP contribution >= 0.6 is 0 Å². The number of hydrogen-bond acceptors (Lipinski definition) is 4. The highest BCUT2D eigenvalue weighted by atomic mass is 16.5. The summed E-state index contributed by atoms with van der Waals surface area (Å²) < 4.78 is 4.50. The molecule has 0 radical (unpaired) electrons. The van der Waals surface area contributed by atoms with Crippen LogP contribution in [-0.2, 0) is 14.3 Å². The molecule has 0 aromatic rings. The number of nitrogens with two attached hydrogens (primary N) is 1. The van der Waals surface area contributed by atoms with E-state index in [1.807, 2.05) is 0 Å². The van der Waals surface area contributed by atoms with Crippen LogP contribution in [0.3, 0.4) is 0 Å². The van der Waals surface area contributed by atoms with Gasteiger partial charge in [0, 0.05) is 0 Å². The van der Waals surface area contributed by atoms with E-state index in [2.05, 4.69) is 11.7 Å². The van der Waals surface area contributed by atoms with Crippen molar-refractivity contribution in [2.24, 2.45) is 11.7 Å². The number of rotatable bonds is 3. The fraction of sp³-hybridized carbons (Fsp3) is 0.462. The highest BCUT2D eigenvalue weighted by Gasteiger charge is 2.21. The molecule has 0 saturated carbocycles. The molecule has 0 saturated heterocycles. The largest absolute Gasteiger partial charge is 0.468 e. The van der Waals surface area contributed by atoms with Crippen molar-refractivity contribution in [1.29, 1.82) is 0 Å². The maximum atomic E-state index is 11.0. The second kappa shape index (κ2) is 9.58. The summed E-state index contributed by atoms with van der Waals surface area (Å²) in [6.07, 6.45) is 8.92. The van der Waals surface area contributed by atoms with Crippen molar-refractivity contribution in [3.05, 3.63) is 29.9 Å².